The molecular weight excluding hydrogens is 320 g/mol. The van der Waals surface area contributed by atoms with Gasteiger partial charge in [-0.05, 0) is 36.8 Å². The molecule has 2 rings (SSSR count). The molecule has 4 heteroatoms. The van der Waals surface area contributed by atoms with E-state index >= 15 is 0 Å². The van der Waals surface area contributed by atoms with Crippen LogP contribution in [0.25, 0.3) is 0 Å². The Hall–Kier alpha value is -2.23. The van der Waals surface area contributed by atoms with Crippen LogP contribution in [0.1, 0.15) is 76.9 Å². The van der Waals surface area contributed by atoms with Gasteiger partial charge in [0, 0.05) is 17.0 Å². The second kappa shape index (κ2) is 8.93. The maximum absolute atomic E-state index is 4.61. The molecule has 0 unspecified atom stereocenters. The molecule has 1 heterocycles. The van der Waals surface area contributed by atoms with E-state index in [0.717, 1.165) is 48.3 Å². The standard InChI is InChI=1S/C22H32N4/c1-7-11-17-15-18(12-8-2)24-21(23-17)26-25-16(3)19-13-9-10-14-20(19)22(4,5)6/h9-10,13-15H,7-8,11-12H2,1-6H3,(H,23,24,26). The lowest BCUT2D eigenvalue weighted by atomic mass is 9.83. The predicted octanol–water partition coefficient (Wildman–Crippen LogP) is 5.52. The Morgan fingerprint density at radius 2 is 1.58 bits per heavy atom. The van der Waals surface area contributed by atoms with Gasteiger partial charge in [-0.25, -0.2) is 15.4 Å². The van der Waals surface area contributed by atoms with Crippen molar-refractivity contribution >= 4 is 11.7 Å². The van der Waals surface area contributed by atoms with E-state index in [1.54, 1.807) is 0 Å². The first-order valence-electron chi connectivity index (χ1n) is 9.62. The van der Waals surface area contributed by atoms with Crippen LogP contribution in [0.15, 0.2) is 35.4 Å². The van der Waals surface area contributed by atoms with Gasteiger partial charge in [0.2, 0.25) is 5.95 Å². The van der Waals surface area contributed by atoms with Gasteiger partial charge < -0.3 is 0 Å². The molecule has 0 aliphatic heterocycles. The Labute approximate surface area is 158 Å². The van der Waals surface area contributed by atoms with Gasteiger partial charge in [0.15, 0.2) is 0 Å². The zero-order valence-corrected chi connectivity index (χ0v) is 17.1. The fraction of sp³-hybridized carbons (Fsp3) is 0.500. The van der Waals surface area contributed by atoms with Gasteiger partial charge in [0.1, 0.15) is 0 Å². The zero-order chi connectivity index (χ0) is 19.2. The van der Waals surface area contributed by atoms with Crippen molar-refractivity contribution in [2.24, 2.45) is 5.10 Å². The third-order valence-corrected chi connectivity index (χ3v) is 4.29. The first kappa shape index (κ1) is 20.1. The highest BCUT2D eigenvalue weighted by atomic mass is 15.4. The molecule has 0 fully saturated rings. The molecule has 0 aliphatic rings. The van der Waals surface area contributed by atoms with Gasteiger partial charge in [-0.3, -0.25) is 0 Å². The predicted molar refractivity (Wildman–Crippen MR) is 111 cm³/mol. The fourth-order valence-corrected chi connectivity index (χ4v) is 3.02. The van der Waals surface area contributed by atoms with Crippen LogP contribution in [0.3, 0.4) is 0 Å². The summed E-state index contributed by atoms with van der Waals surface area (Å²) in [5, 5.41) is 4.58. The highest BCUT2D eigenvalue weighted by Crippen LogP contribution is 2.26. The lowest BCUT2D eigenvalue weighted by Crippen LogP contribution is -2.16. The third-order valence-electron chi connectivity index (χ3n) is 4.29. The molecule has 0 aliphatic carbocycles. The summed E-state index contributed by atoms with van der Waals surface area (Å²) in [6.45, 7) is 13.0. The molecule has 1 aromatic heterocycles. The van der Waals surface area contributed by atoms with Crippen LogP contribution in [0.4, 0.5) is 5.95 Å². The SMILES string of the molecule is CCCc1cc(CCC)nc(NN=C(C)c2ccccc2C(C)(C)C)n1. The zero-order valence-electron chi connectivity index (χ0n) is 17.1. The highest BCUT2D eigenvalue weighted by molar-refractivity contribution is 6.00. The second-order valence-electron chi connectivity index (χ2n) is 7.78. The summed E-state index contributed by atoms with van der Waals surface area (Å²) in [6, 6.07) is 10.5. The maximum atomic E-state index is 4.61. The molecule has 0 saturated heterocycles. The van der Waals surface area contributed by atoms with E-state index < -0.39 is 0 Å². The number of hydrogen-bond donors (Lipinski definition) is 1. The number of hydrogen-bond acceptors (Lipinski definition) is 4. The van der Waals surface area contributed by atoms with Crippen LogP contribution < -0.4 is 5.43 Å². The number of anilines is 1. The lowest BCUT2D eigenvalue weighted by Gasteiger charge is -2.22. The lowest BCUT2D eigenvalue weighted by molar-refractivity contribution is 0.589. The molecule has 0 saturated carbocycles. The quantitative estimate of drug-likeness (QED) is 0.527. The van der Waals surface area contributed by atoms with E-state index in [9.17, 15) is 0 Å². The minimum Gasteiger partial charge on any atom is -0.245 e. The summed E-state index contributed by atoms with van der Waals surface area (Å²) >= 11 is 0. The van der Waals surface area contributed by atoms with E-state index in [-0.39, 0.29) is 5.41 Å². The molecule has 4 nitrogen and oxygen atoms in total. The molecule has 1 N–H and O–H groups in total. The second-order valence-corrected chi connectivity index (χ2v) is 7.78. The van der Waals surface area contributed by atoms with E-state index in [1.165, 1.54) is 5.56 Å². The molecule has 1 aromatic carbocycles. The minimum absolute atomic E-state index is 0.0687. The summed E-state index contributed by atoms with van der Waals surface area (Å²) in [4.78, 5) is 9.23. The van der Waals surface area contributed by atoms with Gasteiger partial charge in [-0.1, -0.05) is 71.7 Å². The minimum atomic E-state index is 0.0687. The number of rotatable bonds is 7. The first-order chi connectivity index (χ1) is 12.3. The van der Waals surface area contributed by atoms with Gasteiger partial charge in [0.05, 0.1) is 5.71 Å². The average molecular weight is 353 g/mol. The van der Waals surface area contributed by atoms with Gasteiger partial charge in [-0.2, -0.15) is 5.10 Å². The van der Waals surface area contributed by atoms with E-state index in [2.05, 4.69) is 85.4 Å². The average Bonchev–Trinajstić information content (AvgIpc) is 2.59. The Balaban J connectivity index is 2.29. The normalized spacial score (nSPS) is 12.3. The number of benzene rings is 1. The molecule has 0 bridgehead atoms. The third kappa shape index (κ3) is 5.38. The van der Waals surface area contributed by atoms with Gasteiger partial charge >= 0.3 is 0 Å². The Morgan fingerprint density at radius 1 is 1.00 bits per heavy atom. The van der Waals surface area contributed by atoms with Crippen molar-refractivity contribution in [1.82, 2.24) is 9.97 Å². The van der Waals surface area contributed by atoms with Crippen LogP contribution >= 0.6 is 0 Å². The molecule has 26 heavy (non-hydrogen) atoms. The van der Waals surface area contributed by atoms with Crippen molar-refractivity contribution in [3.63, 3.8) is 0 Å². The largest absolute Gasteiger partial charge is 0.245 e. The van der Waals surface area contributed by atoms with Crippen LogP contribution in [0, 0.1) is 0 Å². The van der Waals surface area contributed by atoms with Crippen molar-refractivity contribution in [1.29, 1.82) is 0 Å². The summed E-state index contributed by atoms with van der Waals surface area (Å²) in [5.41, 5.74) is 8.70. The molecular formula is C22H32N4. The molecule has 0 radical (unpaired) electrons. The van der Waals surface area contributed by atoms with Crippen LogP contribution in [0.2, 0.25) is 0 Å². The summed E-state index contributed by atoms with van der Waals surface area (Å²) < 4.78 is 0. The van der Waals surface area contributed by atoms with E-state index in [4.69, 9.17) is 0 Å². The van der Waals surface area contributed by atoms with Crippen LogP contribution in [-0.4, -0.2) is 15.7 Å². The van der Waals surface area contributed by atoms with Gasteiger partial charge in [0.25, 0.3) is 0 Å². The number of aryl methyl sites for hydroxylation is 2. The molecule has 0 atom stereocenters. The summed E-state index contributed by atoms with van der Waals surface area (Å²) in [5.74, 6) is 0.590. The van der Waals surface area contributed by atoms with E-state index in [0.29, 0.717) is 5.95 Å². The Bertz CT molecular complexity index is 733. The highest BCUT2D eigenvalue weighted by Gasteiger charge is 2.18. The molecule has 0 spiro atoms. The van der Waals surface area contributed by atoms with Crippen molar-refractivity contribution < 1.29 is 0 Å². The summed E-state index contributed by atoms with van der Waals surface area (Å²) in [7, 11) is 0. The first-order valence-corrected chi connectivity index (χ1v) is 9.62. The maximum Gasteiger partial charge on any atom is 0.243 e. The van der Waals surface area contributed by atoms with Crippen LogP contribution in [-0.2, 0) is 18.3 Å². The molecule has 140 valence electrons. The Morgan fingerprint density at radius 3 is 2.12 bits per heavy atom. The van der Waals surface area contributed by atoms with Crippen molar-refractivity contribution in [2.75, 3.05) is 5.43 Å². The smallest absolute Gasteiger partial charge is 0.243 e. The molecule has 0 amide bonds. The van der Waals surface area contributed by atoms with Gasteiger partial charge in [-0.15, -0.1) is 0 Å². The number of hydrazone groups is 1. The molecule has 2 aromatic rings. The fourth-order valence-electron chi connectivity index (χ4n) is 3.02. The Kier molecular flexibility index (Phi) is 6.90. The van der Waals surface area contributed by atoms with Crippen LogP contribution in [0.5, 0.6) is 0 Å². The van der Waals surface area contributed by atoms with Crippen molar-refractivity contribution in [3.8, 4) is 0 Å². The van der Waals surface area contributed by atoms with Crippen molar-refractivity contribution in [3.05, 3.63) is 52.8 Å². The summed E-state index contributed by atoms with van der Waals surface area (Å²) in [6.07, 6.45) is 4.07. The number of aromatic nitrogens is 2. The number of nitrogens with one attached hydrogen (secondary N) is 1. The topological polar surface area (TPSA) is 50.2 Å². The van der Waals surface area contributed by atoms with E-state index in [1.807, 2.05) is 6.92 Å². The number of nitrogens with zero attached hydrogens (tertiary/aromatic N) is 3. The monoisotopic (exact) mass is 352 g/mol. The van der Waals surface area contributed by atoms with Crippen molar-refractivity contribution in [2.45, 2.75) is 72.6 Å².